The molecule has 0 fully saturated rings. The van der Waals surface area contributed by atoms with Gasteiger partial charge in [-0.1, -0.05) is 18.2 Å². The first-order valence-electron chi connectivity index (χ1n) is 8.53. The van der Waals surface area contributed by atoms with Crippen LogP contribution in [-0.2, 0) is 21.3 Å². The number of guanidine groups is 1. The minimum absolute atomic E-state index is 0. The summed E-state index contributed by atoms with van der Waals surface area (Å²) in [4.78, 5) is 4.79. The molecule has 0 saturated carbocycles. The minimum atomic E-state index is -3.49. The highest BCUT2D eigenvalue weighted by Crippen LogP contribution is 2.19. The van der Waals surface area contributed by atoms with Crippen molar-refractivity contribution in [2.75, 3.05) is 40.4 Å². The molecule has 0 heterocycles. The Morgan fingerprint density at radius 1 is 1.19 bits per heavy atom. The molecule has 0 amide bonds. The maximum atomic E-state index is 12.4. The van der Waals surface area contributed by atoms with Crippen molar-refractivity contribution in [2.45, 2.75) is 31.7 Å². The van der Waals surface area contributed by atoms with Gasteiger partial charge in [-0.15, -0.1) is 24.0 Å². The Bertz CT molecular complexity index is 651. The smallest absolute Gasteiger partial charge is 0.242 e. The highest BCUT2D eigenvalue weighted by atomic mass is 127. The van der Waals surface area contributed by atoms with Crippen molar-refractivity contribution in [2.24, 2.45) is 4.99 Å². The van der Waals surface area contributed by atoms with Crippen molar-refractivity contribution in [3.8, 4) is 0 Å². The molecule has 150 valence electrons. The molecule has 7 nitrogen and oxygen atoms in total. The van der Waals surface area contributed by atoms with Crippen LogP contribution >= 0.6 is 24.0 Å². The quantitative estimate of drug-likeness (QED) is 0.223. The maximum absolute atomic E-state index is 12.4. The molecule has 1 aromatic carbocycles. The summed E-state index contributed by atoms with van der Waals surface area (Å²) in [7, 11) is -0.434. The van der Waals surface area contributed by atoms with Crippen LogP contribution in [0.1, 0.15) is 25.8 Å². The predicted molar refractivity (Wildman–Crippen MR) is 117 cm³/mol. The standard InChI is InChI=1S/C17H30N4O3S.HI/c1-5-18-17(19-12-9-13-24-6-2)20-14-15-10-7-8-11-16(15)25(22,23)21(3)4;/h7-8,10-11H,5-6,9,12-14H2,1-4H3,(H2,18,19,20);1H. The van der Waals surface area contributed by atoms with Crippen molar-refractivity contribution in [1.29, 1.82) is 0 Å². The zero-order valence-corrected chi connectivity index (χ0v) is 19.1. The van der Waals surface area contributed by atoms with Gasteiger partial charge in [0, 0.05) is 40.4 Å². The number of hydrogen-bond acceptors (Lipinski definition) is 4. The summed E-state index contributed by atoms with van der Waals surface area (Å²) in [5, 5.41) is 6.39. The topological polar surface area (TPSA) is 83.0 Å². The van der Waals surface area contributed by atoms with Gasteiger partial charge in [0.05, 0.1) is 11.4 Å². The third-order valence-electron chi connectivity index (χ3n) is 3.44. The van der Waals surface area contributed by atoms with E-state index in [0.717, 1.165) is 19.5 Å². The van der Waals surface area contributed by atoms with Crippen LogP contribution in [0.15, 0.2) is 34.2 Å². The zero-order chi connectivity index (χ0) is 18.7. The SMILES string of the molecule is CCNC(=NCc1ccccc1S(=O)(=O)N(C)C)NCCCOCC.I. The van der Waals surface area contributed by atoms with E-state index in [0.29, 0.717) is 24.7 Å². The van der Waals surface area contributed by atoms with Gasteiger partial charge in [0.15, 0.2) is 5.96 Å². The Labute approximate surface area is 174 Å². The lowest BCUT2D eigenvalue weighted by atomic mass is 10.2. The largest absolute Gasteiger partial charge is 0.382 e. The number of aliphatic imine (C=N–C) groups is 1. The Morgan fingerprint density at radius 3 is 2.50 bits per heavy atom. The number of halogens is 1. The minimum Gasteiger partial charge on any atom is -0.382 e. The summed E-state index contributed by atoms with van der Waals surface area (Å²) in [6, 6.07) is 6.95. The number of hydrogen-bond donors (Lipinski definition) is 2. The molecule has 9 heteroatoms. The molecule has 0 aliphatic heterocycles. The lowest BCUT2D eigenvalue weighted by molar-refractivity contribution is 0.145. The molecule has 1 rings (SSSR count). The first kappa shape index (κ1) is 25.1. The molecule has 2 N–H and O–H groups in total. The van der Waals surface area contributed by atoms with Gasteiger partial charge in [0.1, 0.15) is 0 Å². The van der Waals surface area contributed by atoms with E-state index in [1.54, 1.807) is 18.2 Å². The highest BCUT2D eigenvalue weighted by Gasteiger charge is 2.20. The van der Waals surface area contributed by atoms with Crippen LogP contribution in [0.2, 0.25) is 0 Å². The molecule has 0 saturated heterocycles. The third-order valence-corrected chi connectivity index (χ3v) is 5.36. The highest BCUT2D eigenvalue weighted by molar-refractivity contribution is 14.0. The van der Waals surface area contributed by atoms with Crippen molar-refractivity contribution in [3.05, 3.63) is 29.8 Å². The monoisotopic (exact) mass is 498 g/mol. The van der Waals surface area contributed by atoms with Crippen molar-refractivity contribution in [1.82, 2.24) is 14.9 Å². The van der Waals surface area contributed by atoms with Gasteiger partial charge in [0.2, 0.25) is 10.0 Å². The van der Waals surface area contributed by atoms with Gasteiger partial charge in [-0.2, -0.15) is 0 Å². The summed E-state index contributed by atoms with van der Waals surface area (Å²) < 4.78 is 31.4. The Hall–Kier alpha value is -0.910. The number of ether oxygens (including phenoxy) is 1. The van der Waals surface area contributed by atoms with Crippen LogP contribution in [0, 0.1) is 0 Å². The van der Waals surface area contributed by atoms with Crippen molar-refractivity contribution in [3.63, 3.8) is 0 Å². The number of sulfonamides is 1. The molecule has 26 heavy (non-hydrogen) atoms. The van der Waals surface area contributed by atoms with E-state index < -0.39 is 10.0 Å². The summed E-state index contributed by atoms with van der Waals surface area (Å²) in [6.45, 7) is 7.13. The van der Waals surface area contributed by atoms with Gasteiger partial charge < -0.3 is 15.4 Å². The lowest BCUT2D eigenvalue weighted by Crippen LogP contribution is -2.38. The molecular weight excluding hydrogens is 467 g/mol. The lowest BCUT2D eigenvalue weighted by Gasteiger charge is -2.15. The normalized spacial score (nSPS) is 12.0. The Balaban J connectivity index is 0.00000625. The number of rotatable bonds is 10. The van der Waals surface area contributed by atoms with E-state index in [4.69, 9.17) is 4.74 Å². The fraction of sp³-hybridized carbons (Fsp3) is 0.588. The maximum Gasteiger partial charge on any atom is 0.242 e. The van der Waals surface area contributed by atoms with E-state index in [9.17, 15) is 8.42 Å². The van der Waals surface area contributed by atoms with Gasteiger partial charge in [-0.25, -0.2) is 17.7 Å². The zero-order valence-electron chi connectivity index (χ0n) is 16.0. The van der Waals surface area contributed by atoms with Gasteiger partial charge >= 0.3 is 0 Å². The van der Waals surface area contributed by atoms with Crippen LogP contribution in [0.5, 0.6) is 0 Å². The molecule has 0 aliphatic rings. The van der Waals surface area contributed by atoms with E-state index >= 15 is 0 Å². The first-order valence-corrected chi connectivity index (χ1v) is 9.97. The number of benzene rings is 1. The van der Waals surface area contributed by atoms with E-state index in [1.807, 2.05) is 19.9 Å². The Kier molecular flexibility index (Phi) is 12.8. The molecule has 0 radical (unpaired) electrons. The second kappa shape index (κ2) is 13.3. The average molecular weight is 498 g/mol. The van der Waals surface area contributed by atoms with Crippen LogP contribution in [0.4, 0.5) is 0 Å². The molecule has 0 bridgehead atoms. The van der Waals surface area contributed by atoms with E-state index in [1.165, 1.54) is 18.4 Å². The summed E-state index contributed by atoms with van der Waals surface area (Å²) in [5.74, 6) is 0.663. The van der Waals surface area contributed by atoms with Crippen LogP contribution in [-0.4, -0.2) is 59.1 Å². The van der Waals surface area contributed by atoms with Crippen LogP contribution in [0.25, 0.3) is 0 Å². The second-order valence-electron chi connectivity index (χ2n) is 5.57. The fourth-order valence-corrected chi connectivity index (χ4v) is 3.22. The molecule has 0 unspecified atom stereocenters. The predicted octanol–water partition coefficient (Wildman–Crippen LogP) is 2.04. The van der Waals surface area contributed by atoms with Crippen molar-refractivity contribution >= 4 is 40.0 Å². The Morgan fingerprint density at radius 2 is 1.88 bits per heavy atom. The van der Waals surface area contributed by atoms with Gasteiger partial charge in [-0.3, -0.25) is 0 Å². The molecule has 0 aliphatic carbocycles. The number of nitrogens with zero attached hydrogens (tertiary/aromatic N) is 2. The van der Waals surface area contributed by atoms with Crippen LogP contribution < -0.4 is 10.6 Å². The van der Waals surface area contributed by atoms with E-state index in [-0.39, 0.29) is 35.4 Å². The summed E-state index contributed by atoms with van der Waals surface area (Å²) in [6.07, 6.45) is 0.879. The third kappa shape index (κ3) is 8.19. The molecule has 0 spiro atoms. The van der Waals surface area contributed by atoms with Crippen molar-refractivity contribution < 1.29 is 13.2 Å². The second-order valence-corrected chi connectivity index (χ2v) is 7.69. The average Bonchev–Trinajstić information content (AvgIpc) is 2.59. The first-order chi connectivity index (χ1) is 11.9. The summed E-state index contributed by atoms with van der Waals surface area (Å²) >= 11 is 0. The molecule has 0 atom stereocenters. The van der Waals surface area contributed by atoms with E-state index in [2.05, 4.69) is 15.6 Å². The fourth-order valence-electron chi connectivity index (χ4n) is 2.11. The molecule has 0 aromatic heterocycles. The molecule has 1 aromatic rings. The molecular formula is C17H31IN4O3S. The summed E-state index contributed by atoms with van der Waals surface area (Å²) in [5.41, 5.74) is 0.669. The van der Waals surface area contributed by atoms with Crippen LogP contribution in [0.3, 0.4) is 0 Å². The van der Waals surface area contributed by atoms with Gasteiger partial charge in [0.25, 0.3) is 0 Å². The number of nitrogens with one attached hydrogen (secondary N) is 2. The van der Waals surface area contributed by atoms with Gasteiger partial charge in [-0.05, 0) is 31.9 Å².